The zero-order valence-electron chi connectivity index (χ0n) is 11.0. The molecule has 3 N–H and O–H groups in total. The Labute approximate surface area is 112 Å². The summed E-state index contributed by atoms with van der Waals surface area (Å²) in [5, 5.41) is 10.3. The van der Waals surface area contributed by atoms with Gasteiger partial charge in [0.05, 0.1) is 11.2 Å². The van der Waals surface area contributed by atoms with Crippen LogP contribution < -0.4 is 5.73 Å². The molecule has 1 amide bonds. The highest BCUT2D eigenvalue weighted by Gasteiger charge is 2.34. The van der Waals surface area contributed by atoms with E-state index in [1.165, 1.54) is 23.1 Å². The molecule has 1 saturated carbocycles. The first kappa shape index (κ1) is 13.8. The normalized spacial score (nSPS) is 17.4. The molecule has 0 heterocycles. The van der Waals surface area contributed by atoms with Crippen molar-refractivity contribution in [1.29, 1.82) is 0 Å². The second kappa shape index (κ2) is 5.17. The van der Waals surface area contributed by atoms with Crippen LogP contribution >= 0.6 is 0 Å². The van der Waals surface area contributed by atoms with Gasteiger partial charge in [0.1, 0.15) is 5.82 Å². The van der Waals surface area contributed by atoms with Crippen molar-refractivity contribution < 1.29 is 14.3 Å². The van der Waals surface area contributed by atoms with Crippen molar-refractivity contribution in [3.63, 3.8) is 0 Å². The summed E-state index contributed by atoms with van der Waals surface area (Å²) in [4.78, 5) is 13.5. The minimum atomic E-state index is -0.832. The van der Waals surface area contributed by atoms with E-state index in [2.05, 4.69) is 0 Å². The van der Waals surface area contributed by atoms with E-state index in [1.807, 2.05) is 0 Å². The van der Waals surface area contributed by atoms with E-state index in [1.54, 1.807) is 7.05 Å². The average Bonchev–Trinajstić information content (AvgIpc) is 2.78. The minimum absolute atomic E-state index is 0.0518. The maximum absolute atomic E-state index is 13.6. The van der Waals surface area contributed by atoms with E-state index < -0.39 is 17.3 Å². The Hall–Kier alpha value is -1.62. The fraction of sp³-hybridized carbons (Fsp3) is 0.500. The molecule has 1 fully saturated rings. The maximum Gasteiger partial charge on any atom is 0.256 e. The third-order valence-corrected chi connectivity index (χ3v) is 3.63. The predicted octanol–water partition coefficient (Wildman–Crippen LogP) is 1.79. The van der Waals surface area contributed by atoms with Crippen LogP contribution in [0.15, 0.2) is 18.2 Å². The fourth-order valence-electron chi connectivity index (χ4n) is 2.62. The summed E-state index contributed by atoms with van der Waals surface area (Å²) in [5.41, 5.74) is 5.03. The van der Waals surface area contributed by atoms with Gasteiger partial charge in [-0.05, 0) is 31.0 Å². The van der Waals surface area contributed by atoms with Gasteiger partial charge in [-0.2, -0.15) is 0 Å². The molecular formula is C14H19FN2O2. The molecule has 1 aliphatic rings. The van der Waals surface area contributed by atoms with Gasteiger partial charge >= 0.3 is 0 Å². The lowest BCUT2D eigenvalue weighted by atomic mass is 10.0. The highest BCUT2D eigenvalue weighted by molar-refractivity contribution is 5.95. The zero-order valence-corrected chi connectivity index (χ0v) is 11.0. The number of rotatable bonds is 3. The molecule has 4 nitrogen and oxygen atoms in total. The maximum atomic E-state index is 13.6. The van der Waals surface area contributed by atoms with Crippen LogP contribution in [0.5, 0.6) is 0 Å². The molecule has 1 aromatic rings. The van der Waals surface area contributed by atoms with Crippen LogP contribution in [-0.4, -0.2) is 35.1 Å². The number of nitrogens with zero attached hydrogens (tertiary/aromatic N) is 1. The van der Waals surface area contributed by atoms with E-state index in [-0.39, 0.29) is 12.1 Å². The number of carbonyl (C=O) groups excluding carboxylic acids is 1. The summed E-state index contributed by atoms with van der Waals surface area (Å²) in [6.45, 7) is 0.222. The first-order valence-corrected chi connectivity index (χ1v) is 6.44. The number of amides is 1. The van der Waals surface area contributed by atoms with Crippen molar-refractivity contribution in [2.24, 2.45) is 0 Å². The molecule has 0 atom stereocenters. The van der Waals surface area contributed by atoms with Gasteiger partial charge in [-0.1, -0.05) is 12.8 Å². The highest BCUT2D eigenvalue weighted by atomic mass is 19.1. The lowest BCUT2D eigenvalue weighted by Gasteiger charge is -2.28. The number of likely N-dealkylation sites (N-methyl/N-ethyl adjacent to an activating group) is 1. The molecule has 0 aromatic heterocycles. The molecule has 104 valence electrons. The van der Waals surface area contributed by atoms with Crippen molar-refractivity contribution in [2.75, 3.05) is 19.3 Å². The predicted molar refractivity (Wildman–Crippen MR) is 71.2 cm³/mol. The number of benzene rings is 1. The number of nitrogens with two attached hydrogens (primary N) is 1. The lowest BCUT2D eigenvalue weighted by molar-refractivity contribution is 0.0155. The van der Waals surface area contributed by atoms with Gasteiger partial charge < -0.3 is 15.7 Å². The summed E-state index contributed by atoms with van der Waals surface area (Å²) in [6.07, 6.45) is 3.30. The summed E-state index contributed by atoms with van der Waals surface area (Å²) in [7, 11) is 1.57. The Kier molecular flexibility index (Phi) is 3.75. The summed E-state index contributed by atoms with van der Waals surface area (Å²) >= 11 is 0. The molecule has 1 aliphatic carbocycles. The van der Waals surface area contributed by atoms with E-state index >= 15 is 0 Å². The molecule has 5 heteroatoms. The molecule has 2 rings (SSSR count). The Morgan fingerprint density at radius 2 is 2.11 bits per heavy atom. The van der Waals surface area contributed by atoms with E-state index in [9.17, 15) is 14.3 Å². The van der Waals surface area contributed by atoms with Gasteiger partial charge in [0.15, 0.2) is 0 Å². The van der Waals surface area contributed by atoms with Crippen LogP contribution in [0, 0.1) is 5.82 Å². The number of halogens is 1. The molecule has 0 spiro atoms. The van der Waals surface area contributed by atoms with E-state index in [0.717, 1.165) is 12.8 Å². The van der Waals surface area contributed by atoms with Gasteiger partial charge in [-0.25, -0.2) is 4.39 Å². The number of hydrogen-bond acceptors (Lipinski definition) is 3. The van der Waals surface area contributed by atoms with Crippen LogP contribution in [0.25, 0.3) is 0 Å². The van der Waals surface area contributed by atoms with Gasteiger partial charge in [0.25, 0.3) is 5.91 Å². The second-order valence-corrected chi connectivity index (χ2v) is 5.33. The Balaban J connectivity index is 2.12. The zero-order chi connectivity index (χ0) is 14.0. The van der Waals surface area contributed by atoms with Gasteiger partial charge in [-0.15, -0.1) is 0 Å². The molecule has 0 saturated heterocycles. The van der Waals surface area contributed by atoms with Crippen molar-refractivity contribution >= 4 is 11.6 Å². The number of hydrogen-bond donors (Lipinski definition) is 2. The monoisotopic (exact) mass is 266 g/mol. The molecule has 0 radical (unpaired) electrons. The third-order valence-electron chi connectivity index (χ3n) is 3.63. The number of nitrogen functional groups attached to an aromatic ring is 1. The topological polar surface area (TPSA) is 66.6 Å². The van der Waals surface area contributed by atoms with E-state index in [0.29, 0.717) is 18.5 Å². The first-order valence-electron chi connectivity index (χ1n) is 6.44. The quantitative estimate of drug-likeness (QED) is 0.820. The number of carbonyl (C=O) groups is 1. The second-order valence-electron chi connectivity index (χ2n) is 5.33. The van der Waals surface area contributed by atoms with Crippen LogP contribution in [0.1, 0.15) is 36.0 Å². The number of aliphatic hydroxyl groups is 1. The smallest absolute Gasteiger partial charge is 0.256 e. The van der Waals surface area contributed by atoms with Gasteiger partial charge in [-0.3, -0.25) is 4.79 Å². The fourth-order valence-corrected chi connectivity index (χ4v) is 2.62. The van der Waals surface area contributed by atoms with Crippen molar-refractivity contribution in [3.8, 4) is 0 Å². The van der Waals surface area contributed by atoms with Crippen LogP contribution in [0.2, 0.25) is 0 Å². The average molecular weight is 266 g/mol. The SMILES string of the molecule is CN(CC1(O)CCCC1)C(=O)c1cc(N)ccc1F. The lowest BCUT2D eigenvalue weighted by Crippen LogP contribution is -2.42. The first-order chi connectivity index (χ1) is 8.91. The third kappa shape index (κ3) is 3.04. The molecule has 0 bridgehead atoms. The van der Waals surface area contributed by atoms with Crippen molar-refractivity contribution in [1.82, 2.24) is 4.90 Å². The number of anilines is 1. The standard InChI is InChI=1S/C14H19FN2O2/c1-17(9-14(19)6-2-3-7-14)13(18)11-8-10(16)4-5-12(11)15/h4-5,8,19H,2-3,6-7,9,16H2,1H3. The largest absolute Gasteiger partial charge is 0.399 e. The van der Waals surface area contributed by atoms with Crippen molar-refractivity contribution in [2.45, 2.75) is 31.3 Å². The summed E-state index contributed by atoms with van der Waals surface area (Å²) < 4.78 is 13.6. The van der Waals surface area contributed by atoms with Crippen molar-refractivity contribution in [3.05, 3.63) is 29.6 Å². The Morgan fingerprint density at radius 3 is 2.74 bits per heavy atom. The van der Waals surface area contributed by atoms with Crippen LogP contribution in [0.4, 0.5) is 10.1 Å². The molecule has 19 heavy (non-hydrogen) atoms. The minimum Gasteiger partial charge on any atom is -0.399 e. The van der Waals surface area contributed by atoms with Gasteiger partial charge in [0, 0.05) is 19.3 Å². The highest BCUT2D eigenvalue weighted by Crippen LogP contribution is 2.30. The Morgan fingerprint density at radius 1 is 1.47 bits per heavy atom. The molecule has 1 aromatic carbocycles. The molecule has 0 aliphatic heterocycles. The molecule has 0 unspecified atom stereocenters. The summed E-state index contributed by atoms with van der Waals surface area (Å²) in [5.74, 6) is -1.05. The summed E-state index contributed by atoms with van der Waals surface area (Å²) in [6, 6.07) is 3.92. The Bertz CT molecular complexity index is 484. The van der Waals surface area contributed by atoms with Crippen LogP contribution in [-0.2, 0) is 0 Å². The molecular weight excluding hydrogens is 247 g/mol. The van der Waals surface area contributed by atoms with E-state index in [4.69, 9.17) is 5.73 Å². The van der Waals surface area contributed by atoms with Crippen LogP contribution in [0.3, 0.4) is 0 Å². The van der Waals surface area contributed by atoms with Gasteiger partial charge in [0.2, 0.25) is 0 Å².